The molecule has 2 amide bonds. The number of anilines is 3. The van der Waals surface area contributed by atoms with Crippen molar-refractivity contribution >= 4 is 39.4 Å². The lowest BCUT2D eigenvalue weighted by atomic mass is 9.84. The lowest BCUT2D eigenvalue weighted by Crippen LogP contribution is -2.30. The van der Waals surface area contributed by atoms with Gasteiger partial charge < -0.3 is 19.1 Å². The van der Waals surface area contributed by atoms with Crippen LogP contribution in [0, 0.1) is 6.92 Å². The van der Waals surface area contributed by atoms with E-state index in [-0.39, 0.29) is 24.2 Å². The minimum absolute atomic E-state index is 0.0249. The van der Waals surface area contributed by atoms with E-state index in [1.807, 2.05) is 95.4 Å². The van der Waals surface area contributed by atoms with E-state index in [0.29, 0.717) is 17.1 Å². The number of nitrogens with zero attached hydrogens (tertiary/aromatic N) is 1. The Hall–Kier alpha value is -5.07. The molecule has 11 nitrogen and oxygen atoms in total. The van der Waals surface area contributed by atoms with Crippen molar-refractivity contribution in [1.82, 2.24) is 0 Å². The monoisotopic (exact) mass is 715 g/mol. The summed E-state index contributed by atoms with van der Waals surface area (Å²) in [7, 11) is -1.93. The smallest absolute Gasteiger partial charge is 0.412 e. The van der Waals surface area contributed by atoms with Crippen molar-refractivity contribution in [2.24, 2.45) is 0 Å². The summed E-state index contributed by atoms with van der Waals surface area (Å²) in [6, 6.07) is 25.1. The van der Waals surface area contributed by atoms with Crippen molar-refractivity contribution in [2.75, 3.05) is 35.8 Å². The van der Waals surface area contributed by atoms with E-state index in [1.165, 1.54) is 12.1 Å². The summed E-state index contributed by atoms with van der Waals surface area (Å²) in [4.78, 5) is 27.4. The van der Waals surface area contributed by atoms with Crippen molar-refractivity contribution in [1.29, 1.82) is 0 Å². The predicted molar refractivity (Wildman–Crippen MR) is 198 cm³/mol. The summed E-state index contributed by atoms with van der Waals surface area (Å²) >= 11 is 0. The maximum atomic E-state index is 12.7. The molecular weight excluding hydrogens is 671 g/mol. The number of aryl methyl sites for hydroxylation is 1. The van der Waals surface area contributed by atoms with Crippen LogP contribution in [0.15, 0.2) is 89.8 Å². The zero-order chi connectivity index (χ0) is 37.1. The molecule has 5 rings (SSSR count). The number of hydrogen-bond donors (Lipinski definition) is 2. The van der Waals surface area contributed by atoms with Crippen LogP contribution in [0.3, 0.4) is 0 Å². The first-order valence-electron chi connectivity index (χ1n) is 16.6. The van der Waals surface area contributed by atoms with Crippen LogP contribution < -0.4 is 20.3 Å². The maximum absolute atomic E-state index is 12.7. The standard InChI is InChI=1S/C39H45N3O8S/c1-25-9-17-30(18-10-25)51(45,46)48-22-21-47-29-15-11-26(12-16-29)35-33-23-27(40-36(43)49-38(2,3)4)13-19-31(33)32-20-14-28(24-34(32)42(35)8)41-37(44)50-39(5,6)7/h9-20,23-24,35H,21-22H2,1-8H3,(H,40,43)(H,41,44). The summed E-state index contributed by atoms with van der Waals surface area (Å²) in [6.45, 7) is 12.6. The van der Waals surface area contributed by atoms with E-state index in [0.717, 1.165) is 33.5 Å². The highest BCUT2D eigenvalue weighted by molar-refractivity contribution is 7.86. The first-order valence-corrected chi connectivity index (χ1v) is 18.0. The number of carbonyl (C=O) groups excluding carboxylic acids is 2. The Morgan fingerprint density at radius 2 is 1.27 bits per heavy atom. The molecule has 51 heavy (non-hydrogen) atoms. The highest BCUT2D eigenvalue weighted by atomic mass is 32.2. The first-order chi connectivity index (χ1) is 23.9. The Balaban J connectivity index is 1.39. The molecule has 0 saturated heterocycles. The molecule has 1 atom stereocenters. The number of ether oxygens (including phenoxy) is 3. The van der Waals surface area contributed by atoms with Gasteiger partial charge in [-0.25, -0.2) is 9.59 Å². The molecule has 0 bridgehead atoms. The average Bonchev–Trinajstić information content (AvgIpc) is 3.02. The normalized spacial score (nSPS) is 14.2. The van der Waals surface area contributed by atoms with Gasteiger partial charge in [0.2, 0.25) is 0 Å². The number of fused-ring (bicyclic) bond motifs is 3. The second-order valence-corrected chi connectivity index (χ2v) is 15.9. The number of nitrogens with one attached hydrogen (secondary N) is 2. The van der Waals surface area contributed by atoms with Crippen molar-refractivity contribution in [3.63, 3.8) is 0 Å². The fourth-order valence-electron chi connectivity index (χ4n) is 5.66. The fourth-order valence-corrected chi connectivity index (χ4v) is 6.55. The number of carbonyl (C=O) groups is 2. The molecule has 0 radical (unpaired) electrons. The van der Waals surface area contributed by atoms with E-state index in [2.05, 4.69) is 15.5 Å². The predicted octanol–water partition coefficient (Wildman–Crippen LogP) is 8.68. The van der Waals surface area contributed by atoms with Crippen LogP contribution in [0.2, 0.25) is 0 Å². The van der Waals surface area contributed by atoms with Gasteiger partial charge in [-0.2, -0.15) is 8.42 Å². The molecular formula is C39H45N3O8S. The van der Waals surface area contributed by atoms with Crippen LogP contribution in [0.5, 0.6) is 5.75 Å². The van der Waals surface area contributed by atoms with Crippen LogP contribution in [0.25, 0.3) is 11.1 Å². The third-order valence-electron chi connectivity index (χ3n) is 7.79. The fraction of sp³-hybridized carbons (Fsp3) is 0.333. The number of benzene rings is 4. The molecule has 4 aromatic rings. The highest BCUT2D eigenvalue weighted by Crippen LogP contribution is 2.48. The number of amides is 2. The second kappa shape index (κ2) is 14.7. The third-order valence-corrected chi connectivity index (χ3v) is 9.11. The van der Waals surface area contributed by atoms with Crippen LogP contribution >= 0.6 is 0 Å². The number of hydrogen-bond acceptors (Lipinski definition) is 9. The third kappa shape index (κ3) is 9.59. The second-order valence-electron chi connectivity index (χ2n) is 14.3. The molecule has 0 aliphatic carbocycles. The van der Waals surface area contributed by atoms with E-state index in [4.69, 9.17) is 18.4 Å². The van der Waals surface area contributed by atoms with Gasteiger partial charge in [0.25, 0.3) is 10.1 Å². The average molecular weight is 716 g/mol. The van der Waals surface area contributed by atoms with Gasteiger partial charge in [-0.05, 0) is 114 Å². The summed E-state index contributed by atoms with van der Waals surface area (Å²) in [6.07, 6.45) is -1.11. The molecule has 0 spiro atoms. The summed E-state index contributed by atoms with van der Waals surface area (Å²) < 4.78 is 47.0. The minimum atomic E-state index is -3.90. The Morgan fingerprint density at radius 1 is 0.725 bits per heavy atom. The quantitative estimate of drug-likeness (QED) is 0.129. The molecule has 4 aromatic carbocycles. The van der Waals surface area contributed by atoms with Crippen LogP contribution in [0.4, 0.5) is 26.7 Å². The van der Waals surface area contributed by atoms with Gasteiger partial charge in [-0.3, -0.25) is 14.8 Å². The highest BCUT2D eigenvalue weighted by Gasteiger charge is 2.31. The van der Waals surface area contributed by atoms with Crippen LogP contribution in [-0.2, 0) is 23.8 Å². The Morgan fingerprint density at radius 3 is 1.84 bits per heavy atom. The molecule has 2 N–H and O–H groups in total. The van der Waals surface area contributed by atoms with Gasteiger partial charge in [0.15, 0.2) is 0 Å². The molecule has 270 valence electrons. The lowest BCUT2D eigenvalue weighted by Gasteiger charge is -2.38. The topological polar surface area (TPSA) is 133 Å². The molecule has 1 heterocycles. The van der Waals surface area contributed by atoms with Crippen LogP contribution in [-0.4, -0.2) is 52.1 Å². The van der Waals surface area contributed by atoms with Gasteiger partial charge in [0.05, 0.1) is 10.9 Å². The van der Waals surface area contributed by atoms with Gasteiger partial charge >= 0.3 is 12.2 Å². The molecule has 1 aliphatic heterocycles. The number of rotatable bonds is 9. The minimum Gasteiger partial charge on any atom is -0.491 e. The van der Waals surface area contributed by atoms with Crippen molar-refractivity contribution < 1.29 is 36.4 Å². The van der Waals surface area contributed by atoms with Gasteiger partial charge in [-0.15, -0.1) is 0 Å². The van der Waals surface area contributed by atoms with Crippen molar-refractivity contribution in [2.45, 2.75) is 70.6 Å². The van der Waals surface area contributed by atoms with Gasteiger partial charge in [0, 0.05) is 29.7 Å². The Labute approximate surface area is 300 Å². The van der Waals surface area contributed by atoms with E-state index < -0.39 is 33.5 Å². The lowest BCUT2D eigenvalue weighted by molar-refractivity contribution is 0.0624. The maximum Gasteiger partial charge on any atom is 0.412 e. The molecule has 1 unspecified atom stereocenters. The zero-order valence-electron chi connectivity index (χ0n) is 30.2. The molecule has 0 aromatic heterocycles. The van der Waals surface area contributed by atoms with Crippen LogP contribution in [0.1, 0.15) is 64.3 Å². The SMILES string of the molecule is Cc1ccc(S(=O)(=O)OCCOc2ccc(C3c4cc(NC(=O)OC(C)(C)C)ccc4-c4ccc(NC(=O)OC(C)(C)C)cc4N3C)cc2)cc1. The summed E-state index contributed by atoms with van der Waals surface area (Å²) in [5.41, 5.74) is 5.45. The summed E-state index contributed by atoms with van der Waals surface area (Å²) in [5, 5.41) is 5.69. The molecule has 12 heteroatoms. The van der Waals surface area contributed by atoms with E-state index in [9.17, 15) is 18.0 Å². The largest absolute Gasteiger partial charge is 0.491 e. The molecule has 0 saturated carbocycles. The zero-order valence-corrected chi connectivity index (χ0v) is 31.0. The molecule has 1 aliphatic rings. The van der Waals surface area contributed by atoms with E-state index in [1.54, 1.807) is 32.9 Å². The first kappa shape index (κ1) is 37.2. The van der Waals surface area contributed by atoms with Gasteiger partial charge in [0.1, 0.15) is 30.2 Å². The van der Waals surface area contributed by atoms with E-state index >= 15 is 0 Å². The summed E-state index contributed by atoms with van der Waals surface area (Å²) in [5.74, 6) is 0.540. The van der Waals surface area contributed by atoms with Gasteiger partial charge in [-0.1, -0.05) is 42.0 Å². The van der Waals surface area contributed by atoms with Crippen molar-refractivity contribution in [3.8, 4) is 16.9 Å². The Bertz CT molecular complexity index is 2000. The Kier molecular flexibility index (Phi) is 10.7. The van der Waals surface area contributed by atoms with Crippen molar-refractivity contribution in [3.05, 3.63) is 102 Å². The molecule has 0 fully saturated rings.